The number of halogens is 4. The fraction of sp³-hybridized carbons (Fsp3) is 0.250. The molecule has 0 bridgehead atoms. The molecule has 0 spiro atoms. The van der Waals surface area contributed by atoms with Gasteiger partial charge in [-0.15, -0.1) is 0 Å². The third kappa shape index (κ3) is 4.67. The van der Waals surface area contributed by atoms with Crippen molar-refractivity contribution in [3.05, 3.63) is 59.0 Å². The monoisotopic (exact) mass is 427 g/mol. The quantitative estimate of drug-likeness (QED) is 0.424. The third-order valence-electron chi connectivity index (χ3n) is 4.55. The predicted octanol–water partition coefficient (Wildman–Crippen LogP) is 5.38. The summed E-state index contributed by atoms with van der Waals surface area (Å²) in [5, 5.41) is 9.81. The van der Waals surface area contributed by atoms with Crippen molar-refractivity contribution in [2.24, 2.45) is 0 Å². The molecule has 4 nitrogen and oxygen atoms in total. The summed E-state index contributed by atoms with van der Waals surface area (Å²) in [7, 11) is 1.32. The second-order valence-corrected chi connectivity index (χ2v) is 7.55. The van der Waals surface area contributed by atoms with Gasteiger partial charge in [-0.1, -0.05) is 12.1 Å². The van der Waals surface area contributed by atoms with Crippen molar-refractivity contribution >= 4 is 28.6 Å². The molecular weight excluding hydrogens is 410 g/mol. The SMILES string of the molecule is COc1cc2c(CC(=O)O)c(C)n(Cc3ccc(SC(F)(F)F)cc3)c2cc1F. The molecule has 0 amide bonds. The lowest BCUT2D eigenvalue weighted by Gasteiger charge is -2.11. The summed E-state index contributed by atoms with van der Waals surface area (Å²) in [5.41, 5.74) is -1.99. The highest BCUT2D eigenvalue weighted by atomic mass is 32.2. The number of hydrogen-bond donors (Lipinski definition) is 1. The van der Waals surface area contributed by atoms with E-state index in [4.69, 9.17) is 4.74 Å². The fourth-order valence-corrected chi connectivity index (χ4v) is 3.80. The van der Waals surface area contributed by atoms with Crippen molar-refractivity contribution in [3.63, 3.8) is 0 Å². The number of nitrogens with zero attached hydrogens (tertiary/aromatic N) is 1. The summed E-state index contributed by atoms with van der Waals surface area (Å²) in [6, 6.07) is 8.62. The van der Waals surface area contributed by atoms with Crippen LogP contribution in [0.25, 0.3) is 10.9 Å². The highest BCUT2D eigenvalue weighted by Crippen LogP contribution is 2.37. The van der Waals surface area contributed by atoms with E-state index in [1.165, 1.54) is 31.4 Å². The van der Waals surface area contributed by atoms with Crippen LogP contribution in [0.15, 0.2) is 41.3 Å². The summed E-state index contributed by atoms with van der Waals surface area (Å²) in [6.07, 6.45) is -0.245. The van der Waals surface area contributed by atoms with E-state index in [2.05, 4.69) is 0 Å². The first-order valence-electron chi connectivity index (χ1n) is 8.50. The fourth-order valence-electron chi connectivity index (χ4n) is 3.26. The average Bonchev–Trinajstić information content (AvgIpc) is 2.86. The lowest BCUT2D eigenvalue weighted by atomic mass is 10.1. The Morgan fingerprint density at radius 1 is 1.21 bits per heavy atom. The molecule has 1 heterocycles. The zero-order valence-corrected chi connectivity index (χ0v) is 16.3. The van der Waals surface area contributed by atoms with Crippen LogP contribution in [0.4, 0.5) is 17.6 Å². The first kappa shape index (κ1) is 21.0. The highest BCUT2D eigenvalue weighted by Gasteiger charge is 2.29. The molecule has 1 N–H and O–H groups in total. The van der Waals surface area contributed by atoms with Crippen LogP contribution in [0.5, 0.6) is 5.75 Å². The van der Waals surface area contributed by atoms with E-state index >= 15 is 0 Å². The molecule has 0 saturated heterocycles. The van der Waals surface area contributed by atoms with Crippen molar-refractivity contribution in [1.29, 1.82) is 0 Å². The molecule has 9 heteroatoms. The predicted molar refractivity (Wildman–Crippen MR) is 102 cm³/mol. The summed E-state index contributed by atoms with van der Waals surface area (Å²) in [5.74, 6) is -1.60. The number of ether oxygens (including phenoxy) is 1. The maximum Gasteiger partial charge on any atom is 0.446 e. The lowest BCUT2D eigenvalue weighted by Crippen LogP contribution is -2.05. The number of methoxy groups -OCH3 is 1. The highest BCUT2D eigenvalue weighted by molar-refractivity contribution is 8.00. The first-order valence-corrected chi connectivity index (χ1v) is 9.32. The van der Waals surface area contributed by atoms with E-state index in [1.807, 2.05) is 0 Å². The van der Waals surface area contributed by atoms with Gasteiger partial charge in [0.25, 0.3) is 0 Å². The number of rotatable bonds is 6. The molecule has 0 aliphatic carbocycles. The van der Waals surface area contributed by atoms with Crippen molar-refractivity contribution in [3.8, 4) is 5.75 Å². The van der Waals surface area contributed by atoms with Gasteiger partial charge >= 0.3 is 11.5 Å². The Balaban J connectivity index is 2.03. The number of carbonyl (C=O) groups is 1. The number of thioether (sulfide) groups is 1. The van der Waals surface area contributed by atoms with Gasteiger partial charge in [0.05, 0.1) is 19.0 Å². The van der Waals surface area contributed by atoms with Crippen LogP contribution < -0.4 is 4.74 Å². The van der Waals surface area contributed by atoms with Crippen molar-refractivity contribution in [1.82, 2.24) is 4.57 Å². The number of benzene rings is 2. The number of alkyl halides is 3. The Labute approximate surface area is 168 Å². The second kappa shape index (κ2) is 7.98. The van der Waals surface area contributed by atoms with Crippen LogP contribution in [0.2, 0.25) is 0 Å². The molecule has 0 aliphatic heterocycles. The van der Waals surface area contributed by atoms with Gasteiger partial charge in [-0.2, -0.15) is 13.2 Å². The van der Waals surface area contributed by atoms with Crippen LogP contribution in [0.1, 0.15) is 16.8 Å². The minimum absolute atomic E-state index is 0.00909. The van der Waals surface area contributed by atoms with Gasteiger partial charge in [0, 0.05) is 28.6 Å². The number of fused-ring (bicyclic) bond motifs is 1. The average molecular weight is 427 g/mol. The Bertz CT molecular complexity index is 1060. The first-order chi connectivity index (χ1) is 13.6. The van der Waals surface area contributed by atoms with Crippen LogP contribution in [-0.2, 0) is 17.8 Å². The van der Waals surface area contributed by atoms with Gasteiger partial charge in [0.2, 0.25) is 0 Å². The molecule has 2 aromatic carbocycles. The lowest BCUT2D eigenvalue weighted by molar-refractivity contribution is -0.136. The number of carboxylic acids is 1. The van der Waals surface area contributed by atoms with E-state index < -0.39 is 17.3 Å². The number of aromatic nitrogens is 1. The molecule has 3 rings (SSSR count). The molecule has 0 aliphatic rings. The molecule has 0 unspecified atom stereocenters. The van der Waals surface area contributed by atoms with Crippen LogP contribution in [-0.4, -0.2) is 28.3 Å². The summed E-state index contributed by atoms with van der Waals surface area (Å²) >= 11 is -0.197. The van der Waals surface area contributed by atoms with Crippen molar-refractivity contribution < 1.29 is 32.2 Å². The maximum absolute atomic E-state index is 14.3. The second-order valence-electron chi connectivity index (χ2n) is 6.42. The van der Waals surface area contributed by atoms with Crippen molar-refractivity contribution in [2.45, 2.75) is 30.3 Å². The molecule has 3 aromatic rings. The molecule has 154 valence electrons. The minimum atomic E-state index is -4.36. The van der Waals surface area contributed by atoms with E-state index in [9.17, 15) is 27.5 Å². The maximum atomic E-state index is 14.3. The summed E-state index contributed by atoms with van der Waals surface area (Å²) in [6.45, 7) is 1.99. The molecule has 0 atom stereocenters. The van der Waals surface area contributed by atoms with Gasteiger partial charge in [0.1, 0.15) is 0 Å². The van der Waals surface area contributed by atoms with E-state index in [-0.39, 0.29) is 35.4 Å². The molecule has 0 radical (unpaired) electrons. The zero-order valence-electron chi connectivity index (χ0n) is 15.5. The molecule has 29 heavy (non-hydrogen) atoms. The van der Waals surface area contributed by atoms with E-state index in [0.717, 1.165) is 0 Å². The van der Waals surface area contributed by atoms with Gasteiger partial charge < -0.3 is 14.4 Å². The van der Waals surface area contributed by atoms with Gasteiger partial charge in [0.15, 0.2) is 11.6 Å². The number of aliphatic carboxylic acids is 1. The number of hydrogen-bond acceptors (Lipinski definition) is 3. The molecule has 0 saturated carbocycles. The molecule has 1 aromatic heterocycles. The van der Waals surface area contributed by atoms with Gasteiger partial charge in [-0.05, 0) is 48.0 Å². The Morgan fingerprint density at radius 2 is 1.86 bits per heavy atom. The normalized spacial score (nSPS) is 11.8. The third-order valence-corrected chi connectivity index (χ3v) is 5.29. The summed E-state index contributed by atoms with van der Waals surface area (Å²) < 4.78 is 58.5. The van der Waals surface area contributed by atoms with Gasteiger partial charge in [-0.3, -0.25) is 4.79 Å². The zero-order chi connectivity index (χ0) is 21.3. The topological polar surface area (TPSA) is 51.5 Å². The molecule has 0 fully saturated rings. The van der Waals surface area contributed by atoms with E-state index in [1.54, 1.807) is 23.6 Å². The Hall–Kier alpha value is -2.68. The van der Waals surface area contributed by atoms with Crippen LogP contribution in [0.3, 0.4) is 0 Å². The number of carboxylic acid groups (broad SMARTS) is 1. The Morgan fingerprint density at radius 3 is 2.41 bits per heavy atom. The smallest absolute Gasteiger partial charge is 0.446 e. The van der Waals surface area contributed by atoms with Crippen molar-refractivity contribution in [2.75, 3.05) is 7.11 Å². The summed E-state index contributed by atoms with van der Waals surface area (Å²) in [4.78, 5) is 11.4. The largest absolute Gasteiger partial charge is 0.494 e. The van der Waals surface area contributed by atoms with Gasteiger partial charge in [-0.25, -0.2) is 4.39 Å². The molecular formula is C20H17F4NO3S. The van der Waals surface area contributed by atoms with E-state index in [0.29, 0.717) is 27.7 Å². The minimum Gasteiger partial charge on any atom is -0.494 e. The van der Waals surface area contributed by atoms with Crippen LogP contribution >= 0.6 is 11.8 Å². The Kier molecular flexibility index (Phi) is 5.79. The standard InChI is InChI=1S/C20H17F4NO3S/c1-11-14(8-19(26)27)15-7-18(28-2)16(21)9-17(15)25(11)10-12-3-5-13(6-4-12)29-20(22,23)24/h3-7,9H,8,10H2,1-2H3,(H,26,27). The van der Waals surface area contributed by atoms with Crippen LogP contribution in [0, 0.1) is 12.7 Å².